The normalized spacial score (nSPS) is 15.0. The van der Waals surface area contributed by atoms with Gasteiger partial charge in [0.25, 0.3) is 0 Å². The number of carbonyl (C=O) groups is 1. The maximum atomic E-state index is 12.7. The number of anilines is 1. The van der Waals surface area contributed by atoms with Crippen LogP contribution >= 0.6 is 11.6 Å². The molecule has 0 unspecified atom stereocenters. The molecule has 12 heteroatoms. The predicted molar refractivity (Wildman–Crippen MR) is 131 cm³/mol. The first-order chi connectivity index (χ1) is 16.1. The maximum absolute atomic E-state index is 12.7. The van der Waals surface area contributed by atoms with Crippen molar-refractivity contribution in [1.29, 1.82) is 0 Å². The molecule has 186 valence electrons. The number of halogens is 1. The zero-order chi connectivity index (χ0) is 24.8. The van der Waals surface area contributed by atoms with Crippen molar-refractivity contribution < 1.29 is 26.4 Å². The van der Waals surface area contributed by atoms with E-state index in [1.54, 1.807) is 24.3 Å². The Bertz CT molecular complexity index is 1180. The summed E-state index contributed by atoms with van der Waals surface area (Å²) in [4.78, 5) is 12.5. The van der Waals surface area contributed by atoms with Gasteiger partial charge in [-0.3, -0.25) is 9.10 Å². The Morgan fingerprint density at radius 1 is 1.00 bits per heavy atom. The third-order valence-corrected chi connectivity index (χ3v) is 8.58. The second-order valence-electron chi connectivity index (χ2n) is 7.88. The Morgan fingerprint density at radius 2 is 1.62 bits per heavy atom. The van der Waals surface area contributed by atoms with E-state index in [0.717, 1.165) is 29.8 Å². The molecule has 0 spiro atoms. The summed E-state index contributed by atoms with van der Waals surface area (Å²) in [5.41, 5.74) is 0.331. The van der Waals surface area contributed by atoms with E-state index < -0.39 is 26.0 Å². The summed E-state index contributed by atoms with van der Waals surface area (Å²) in [5, 5.41) is 3.07. The summed E-state index contributed by atoms with van der Waals surface area (Å²) >= 11 is 5.84. The predicted octanol–water partition coefficient (Wildman–Crippen LogP) is 2.48. The topological polar surface area (TPSA) is 113 Å². The van der Waals surface area contributed by atoms with Crippen LogP contribution in [0.1, 0.15) is 19.3 Å². The van der Waals surface area contributed by atoms with E-state index in [4.69, 9.17) is 16.3 Å². The van der Waals surface area contributed by atoms with Crippen LogP contribution in [0.3, 0.4) is 0 Å². The Kier molecular flexibility index (Phi) is 8.80. The molecular formula is C22H28ClN3O6S2. The lowest BCUT2D eigenvalue weighted by atomic mass is 10.2. The Balaban J connectivity index is 1.49. The monoisotopic (exact) mass is 529 g/mol. The maximum Gasteiger partial charge on any atom is 0.243 e. The minimum absolute atomic E-state index is 0.129. The molecule has 0 atom stereocenters. The summed E-state index contributed by atoms with van der Waals surface area (Å²) < 4.78 is 57.7. The van der Waals surface area contributed by atoms with Gasteiger partial charge in [-0.15, -0.1) is 0 Å². The number of hydrogen-bond acceptors (Lipinski definition) is 6. The van der Waals surface area contributed by atoms with Gasteiger partial charge >= 0.3 is 0 Å². The molecule has 1 heterocycles. The fourth-order valence-corrected chi connectivity index (χ4v) is 6.01. The quantitative estimate of drug-likeness (QED) is 0.473. The lowest BCUT2D eigenvalue weighted by Gasteiger charge is -2.25. The lowest BCUT2D eigenvalue weighted by Crippen LogP contribution is -2.41. The number of hydrogen-bond donors (Lipinski definition) is 1. The molecule has 0 radical (unpaired) electrons. The van der Waals surface area contributed by atoms with Crippen molar-refractivity contribution >= 4 is 43.2 Å². The van der Waals surface area contributed by atoms with Crippen molar-refractivity contribution in [2.24, 2.45) is 0 Å². The van der Waals surface area contributed by atoms with E-state index in [2.05, 4.69) is 5.32 Å². The standard InChI is InChI=1S/C22H28ClN3O6S2/c1-33(28,29)26(19-7-5-18(23)6-8-19)17-22(27)24-13-16-32-20-9-11-21(12-10-20)34(30,31)25-14-3-2-4-15-25/h5-12H,2-4,13-17H2,1H3,(H,24,27). The van der Waals surface area contributed by atoms with E-state index in [-0.39, 0.29) is 24.6 Å². The summed E-state index contributed by atoms with van der Waals surface area (Å²) in [7, 11) is -7.18. The fraction of sp³-hybridized carbons (Fsp3) is 0.409. The van der Waals surface area contributed by atoms with Crippen LogP contribution in [0.15, 0.2) is 53.4 Å². The number of nitrogens with one attached hydrogen (secondary N) is 1. The SMILES string of the molecule is CS(=O)(=O)N(CC(=O)NCCOc1ccc(S(=O)(=O)N2CCCCC2)cc1)c1ccc(Cl)cc1. The minimum Gasteiger partial charge on any atom is -0.492 e. The zero-order valence-corrected chi connectivity index (χ0v) is 21.2. The van der Waals surface area contributed by atoms with Crippen molar-refractivity contribution in [3.8, 4) is 5.75 Å². The highest BCUT2D eigenvalue weighted by Crippen LogP contribution is 2.23. The first-order valence-corrected chi connectivity index (χ1v) is 14.5. The van der Waals surface area contributed by atoms with Gasteiger partial charge in [0.2, 0.25) is 26.0 Å². The Morgan fingerprint density at radius 3 is 2.21 bits per heavy atom. The number of piperidine rings is 1. The molecule has 9 nitrogen and oxygen atoms in total. The molecule has 1 N–H and O–H groups in total. The molecule has 2 aromatic rings. The molecule has 1 aliphatic heterocycles. The van der Waals surface area contributed by atoms with Crippen molar-refractivity contribution in [3.05, 3.63) is 53.6 Å². The number of ether oxygens (including phenoxy) is 1. The number of benzene rings is 2. The van der Waals surface area contributed by atoms with E-state index in [0.29, 0.717) is 29.5 Å². The molecule has 0 bridgehead atoms. The van der Waals surface area contributed by atoms with Gasteiger partial charge in [0.1, 0.15) is 18.9 Å². The molecule has 34 heavy (non-hydrogen) atoms. The minimum atomic E-state index is -3.68. The van der Waals surface area contributed by atoms with Gasteiger partial charge in [-0.05, 0) is 61.4 Å². The van der Waals surface area contributed by atoms with E-state index in [9.17, 15) is 21.6 Å². The number of rotatable bonds is 10. The van der Waals surface area contributed by atoms with Gasteiger partial charge in [-0.2, -0.15) is 4.31 Å². The van der Waals surface area contributed by atoms with Gasteiger partial charge in [0.15, 0.2) is 0 Å². The molecular weight excluding hydrogens is 502 g/mol. The molecule has 1 aliphatic rings. The van der Waals surface area contributed by atoms with Gasteiger partial charge in [0, 0.05) is 18.1 Å². The summed E-state index contributed by atoms with van der Waals surface area (Å²) in [6.07, 6.45) is 3.80. The van der Waals surface area contributed by atoms with Crippen LogP contribution in [0, 0.1) is 0 Å². The number of amides is 1. The summed E-state index contributed by atoms with van der Waals surface area (Å²) in [6, 6.07) is 12.3. The molecule has 2 aromatic carbocycles. The molecule has 3 rings (SSSR count). The van der Waals surface area contributed by atoms with Gasteiger partial charge < -0.3 is 10.1 Å². The second kappa shape index (κ2) is 11.4. The highest BCUT2D eigenvalue weighted by molar-refractivity contribution is 7.92. The summed E-state index contributed by atoms with van der Waals surface area (Å²) in [5.74, 6) is -0.0299. The molecule has 0 saturated carbocycles. The van der Waals surface area contributed by atoms with Crippen molar-refractivity contribution in [2.75, 3.05) is 43.3 Å². The van der Waals surface area contributed by atoms with Crippen LogP contribution in [-0.2, 0) is 24.8 Å². The fourth-order valence-electron chi connectivity index (χ4n) is 3.52. The largest absolute Gasteiger partial charge is 0.492 e. The molecule has 0 aliphatic carbocycles. The van der Waals surface area contributed by atoms with Crippen molar-refractivity contribution in [2.45, 2.75) is 24.2 Å². The van der Waals surface area contributed by atoms with Gasteiger partial charge in [-0.1, -0.05) is 18.0 Å². The highest BCUT2D eigenvalue weighted by atomic mass is 35.5. The zero-order valence-electron chi connectivity index (χ0n) is 18.8. The van der Waals surface area contributed by atoms with E-state index in [1.807, 2.05) is 0 Å². The molecule has 1 saturated heterocycles. The van der Waals surface area contributed by atoms with Crippen LogP contribution in [-0.4, -0.2) is 66.1 Å². The Hall–Kier alpha value is -2.34. The van der Waals surface area contributed by atoms with Gasteiger partial charge in [0.05, 0.1) is 23.4 Å². The first-order valence-electron chi connectivity index (χ1n) is 10.8. The van der Waals surface area contributed by atoms with Crippen molar-refractivity contribution in [1.82, 2.24) is 9.62 Å². The molecule has 1 amide bonds. The van der Waals surface area contributed by atoms with Gasteiger partial charge in [-0.25, -0.2) is 16.8 Å². The number of sulfonamides is 2. The third kappa shape index (κ3) is 7.08. The number of carbonyl (C=O) groups excluding carboxylic acids is 1. The van der Waals surface area contributed by atoms with Crippen LogP contribution in [0.4, 0.5) is 5.69 Å². The smallest absolute Gasteiger partial charge is 0.243 e. The van der Waals surface area contributed by atoms with Crippen LogP contribution in [0.25, 0.3) is 0 Å². The first kappa shape index (κ1) is 26.3. The van der Waals surface area contributed by atoms with Crippen LogP contribution < -0.4 is 14.4 Å². The van der Waals surface area contributed by atoms with Crippen LogP contribution in [0.2, 0.25) is 5.02 Å². The van der Waals surface area contributed by atoms with Crippen molar-refractivity contribution in [3.63, 3.8) is 0 Å². The average molecular weight is 530 g/mol. The molecule has 0 aromatic heterocycles. The average Bonchev–Trinajstić information content (AvgIpc) is 2.81. The Labute approximate surface area is 205 Å². The van der Waals surface area contributed by atoms with E-state index >= 15 is 0 Å². The highest BCUT2D eigenvalue weighted by Gasteiger charge is 2.25. The lowest BCUT2D eigenvalue weighted by molar-refractivity contribution is -0.119. The van der Waals surface area contributed by atoms with Crippen LogP contribution in [0.5, 0.6) is 5.75 Å². The summed E-state index contributed by atoms with van der Waals surface area (Å²) in [6.45, 7) is 0.961. The molecule has 1 fully saturated rings. The second-order valence-corrected chi connectivity index (χ2v) is 12.2. The number of nitrogens with zero attached hydrogens (tertiary/aromatic N) is 2. The van der Waals surface area contributed by atoms with E-state index in [1.165, 1.54) is 28.6 Å². The third-order valence-electron chi connectivity index (χ3n) is 5.27.